The minimum Gasteiger partial charge on any atom is -0.463 e. The minimum absolute atomic E-state index is 0.654. The molecule has 0 radical (unpaired) electrons. The first kappa shape index (κ1) is 43.2. The number of hydrogen-bond donors (Lipinski definition) is 0. The van der Waals surface area contributed by atoms with Crippen molar-refractivity contribution in [2.45, 2.75) is 117 Å². The maximum absolute atomic E-state index is 12.4. The zero-order valence-corrected chi connectivity index (χ0v) is 29.0. The highest BCUT2D eigenvalue weighted by Gasteiger charge is 2.55. The van der Waals surface area contributed by atoms with Gasteiger partial charge in [-0.25, -0.2) is 0 Å². The van der Waals surface area contributed by atoms with Crippen LogP contribution in [0.15, 0.2) is 0 Å². The van der Waals surface area contributed by atoms with Crippen LogP contribution in [0.3, 0.4) is 0 Å². The molecule has 0 unspecified atom stereocenters. The SMILES string of the molecule is CC(=O)OC[C@H](OC(C)=O)[C@@H](OC(C)=O)[C@H](O[C@@H]1O[C@H](COC(C)=O)[C@H](OC(C)=O)[C@H](OC(C)=O)[C@H]1OC(C)=O)[C@@H](COC(C)=O)OC(C)=O. The van der Waals surface area contributed by atoms with Crippen molar-refractivity contribution in [2.24, 2.45) is 0 Å². The number of hydrogen-bond acceptors (Lipinski definition) is 20. The lowest BCUT2D eigenvalue weighted by Gasteiger charge is -2.46. The monoisotopic (exact) mass is 722 g/mol. The van der Waals surface area contributed by atoms with Crippen molar-refractivity contribution in [3.8, 4) is 0 Å². The molecule has 1 fully saturated rings. The van der Waals surface area contributed by atoms with Gasteiger partial charge in [0, 0.05) is 62.3 Å². The summed E-state index contributed by atoms with van der Waals surface area (Å²) in [6.07, 6.45) is -15.9. The first-order valence-corrected chi connectivity index (χ1v) is 15.0. The van der Waals surface area contributed by atoms with Crippen molar-refractivity contribution in [1.29, 1.82) is 0 Å². The first-order valence-electron chi connectivity index (χ1n) is 15.0. The molecule has 0 aromatic carbocycles. The lowest BCUT2D eigenvalue weighted by molar-refractivity contribution is -0.331. The van der Waals surface area contributed by atoms with E-state index >= 15 is 0 Å². The van der Waals surface area contributed by atoms with Gasteiger partial charge in [0.2, 0.25) is 0 Å². The second kappa shape index (κ2) is 20.6. The van der Waals surface area contributed by atoms with E-state index in [-0.39, 0.29) is 0 Å². The Labute approximate surface area is 286 Å². The van der Waals surface area contributed by atoms with E-state index in [0.717, 1.165) is 62.3 Å². The zero-order valence-electron chi connectivity index (χ0n) is 29.0. The zero-order chi connectivity index (χ0) is 38.3. The average molecular weight is 723 g/mol. The van der Waals surface area contributed by atoms with Gasteiger partial charge in [0.15, 0.2) is 42.9 Å². The maximum atomic E-state index is 12.4. The summed E-state index contributed by atoms with van der Waals surface area (Å²) in [5.74, 6) is -8.38. The molecule has 0 amide bonds. The van der Waals surface area contributed by atoms with Crippen LogP contribution in [0.25, 0.3) is 0 Å². The van der Waals surface area contributed by atoms with Crippen LogP contribution in [0, 0.1) is 0 Å². The summed E-state index contributed by atoms with van der Waals surface area (Å²) in [6, 6.07) is 0. The molecule has 0 N–H and O–H groups in total. The molecule has 282 valence electrons. The van der Waals surface area contributed by atoms with Gasteiger partial charge in [0.05, 0.1) is 0 Å². The quantitative estimate of drug-likeness (QED) is 0.134. The highest BCUT2D eigenvalue weighted by Crippen LogP contribution is 2.33. The molecule has 0 bridgehead atoms. The fourth-order valence-electron chi connectivity index (χ4n) is 4.59. The molecule has 0 aromatic rings. The molecule has 0 spiro atoms. The van der Waals surface area contributed by atoms with Crippen molar-refractivity contribution < 1.29 is 95.3 Å². The molecular formula is C30H42O20. The van der Waals surface area contributed by atoms with E-state index in [4.69, 9.17) is 52.1 Å². The molecule has 0 aromatic heterocycles. The van der Waals surface area contributed by atoms with E-state index in [0.29, 0.717) is 0 Å². The van der Waals surface area contributed by atoms with Crippen LogP contribution in [0.2, 0.25) is 0 Å². The fraction of sp³-hybridized carbons (Fsp3) is 0.700. The highest BCUT2D eigenvalue weighted by atomic mass is 16.8. The fourth-order valence-corrected chi connectivity index (χ4v) is 4.59. The lowest BCUT2D eigenvalue weighted by atomic mass is 9.97. The predicted octanol–water partition coefficient (Wildman–Crippen LogP) is -0.624. The topological polar surface area (TPSA) is 255 Å². The van der Waals surface area contributed by atoms with Crippen molar-refractivity contribution in [2.75, 3.05) is 19.8 Å². The van der Waals surface area contributed by atoms with E-state index in [2.05, 4.69) is 0 Å². The average Bonchev–Trinajstić information content (AvgIpc) is 2.95. The Kier molecular flexibility index (Phi) is 17.8. The van der Waals surface area contributed by atoms with E-state index in [9.17, 15) is 43.2 Å². The lowest BCUT2D eigenvalue weighted by Crippen LogP contribution is -2.65. The third-order valence-electron chi connectivity index (χ3n) is 6.13. The Balaban J connectivity index is 4.07. The van der Waals surface area contributed by atoms with Gasteiger partial charge in [0.1, 0.15) is 32.0 Å². The molecule has 20 heteroatoms. The largest absolute Gasteiger partial charge is 0.463 e. The van der Waals surface area contributed by atoms with Crippen LogP contribution in [0.4, 0.5) is 0 Å². The van der Waals surface area contributed by atoms with Gasteiger partial charge in [-0.2, -0.15) is 0 Å². The summed E-state index contributed by atoms with van der Waals surface area (Å²) >= 11 is 0. The standard InChI is InChI=1S/C30H42O20/c1-13(31)40-10-22(43-16(4)34)25(45-18(6)36)26(23(44-17(5)35)11-41-14(2)32)50-30-29(48-21(9)39)28(47-20(8)38)27(46-19(7)37)24(49-30)12-42-15(3)33/h22-30H,10-12H2,1-9H3/t22-,23+,24+,25+,26+,27-,28-,29+,30-/m0/s1. The number of carbonyl (C=O) groups is 9. The smallest absolute Gasteiger partial charge is 0.303 e. The molecule has 1 rings (SSSR count). The van der Waals surface area contributed by atoms with Gasteiger partial charge in [-0.1, -0.05) is 0 Å². The molecular weight excluding hydrogens is 680 g/mol. The molecule has 1 aliphatic rings. The molecule has 9 atom stereocenters. The Morgan fingerprint density at radius 2 is 0.860 bits per heavy atom. The van der Waals surface area contributed by atoms with E-state index in [1.165, 1.54) is 0 Å². The van der Waals surface area contributed by atoms with Crippen LogP contribution in [0.1, 0.15) is 62.3 Å². The van der Waals surface area contributed by atoms with Gasteiger partial charge in [-0.05, 0) is 0 Å². The third-order valence-corrected chi connectivity index (χ3v) is 6.13. The van der Waals surface area contributed by atoms with Crippen LogP contribution in [0.5, 0.6) is 0 Å². The molecule has 1 aliphatic heterocycles. The molecule has 50 heavy (non-hydrogen) atoms. The molecule has 0 aliphatic carbocycles. The summed E-state index contributed by atoms with van der Waals surface area (Å²) in [7, 11) is 0. The Morgan fingerprint density at radius 3 is 1.26 bits per heavy atom. The van der Waals surface area contributed by atoms with E-state index < -0.39 is 129 Å². The Morgan fingerprint density at radius 1 is 0.460 bits per heavy atom. The third kappa shape index (κ3) is 15.6. The maximum Gasteiger partial charge on any atom is 0.303 e. The number of carbonyl (C=O) groups excluding carboxylic acids is 9. The van der Waals surface area contributed by atoms with Gasteiger partial charge >= 0.3 is 53.7 Å². The van der Waals surface area contributed by atoms with Crippen molar-refractivity contribution in [3.05, 3.63) is 0 Å². The van der Waals surface area contributed by atoms with E-state index in [1.807, 2.05) is 0 Å². The minimum atomic E-state index is -1.97. The molecule has 1 saturated heterocycles. The van der Waals surface area contributed by atoms with Gasteiger partial charge in [0.25, 0.3) is 0 Å². The van der Waals surface area contributed by atoms with Crippen LogP contribution < -0.4 is 0 Å². The number of rotatable bonds is 17. The summed E-state index contributed by atoms with van der Waals surface area (Å²) in [6.45, 7) is 6.74. The van der Waals surface area contributed by atoms with E-state index in [1.54, 1.807) is 0 Å². The second-order valence-electron chi connectivity index (χ2n) is 10.6. The molecule has 0 saturated carbocycles. The summed E-state index contributed by atoms with van der Waals surface area (Å²) in [5, 5.41) is 0. The summed E-state index contributed by atoms with van der Waals surface area (Å²) in [4.78, 5) is 109. The van der Waals surface area contributed by atoms with Gasteiger partial charge < -0.3 is 52.1 Å². The number of esters is 9. The predicted molar refractivity (Wildman–Crippen MR) is 157 cm³/mol. The first-order chi connectivity index (χ1) is 23.2. The second-order valence-corrected chi connectivity index (χ2v) is 10.6. The Hall–Kier alpha value is -4.85. The number of ether oxygens (including phenoxy) is 11. The summed E-state index contributed by atoms with van der Waals surface area (Å²) in [5.41, 5.74) is 0. The van der Waals surface area contributed by atoms with Crippen molar-refractivity contribution in [1.82, 2.24) is 0 Å². The highest BCUT2D eigenvalue weighted by molar-refractivity contribution is 5.70. The van der Waals surface area contributed by atoms with Crippen molar-refractivity contribution in [3.63, 3.8) is 0 Å². The van der Waals surface area contributed by atoms with Crippen molar-refractivity contribution >= 4 is 53.7 Å². The molecule has 20 nitrogen and oxygen atoms in total. The van der Waals surface area contributed by atoms with Crippen LogP contribution in [-0.4, -0.2) is 129 Å². The van der Waals surface area contributed by atoms with Gasteiger partial charge in [-0.15, -0.1) is 0 Å². The van der Waals surface area contributed by atoms with Crippen LogP contribution in [-0.2, 0) is 95.3 Å². The van der Waals surface area contributed by atoms with Crippen LogP contribution >= 0.6 is 0 Å². The summed E-state index contributed by atoms with van der Waals surface area (Å²) < 4.78 is 59.5. The molecule has 1 heterocycles. The Bertz CT molecular complexity index is 1260. The normalized spacial score (nSPS) is 22.1. The van der Waals surface area contributed by atoms with Gasteiger partial charge in [-0.3, -0.25) is 43.2 Å².